The molecule has 2 heterocycles. The highest BCUT2D eigenvalue weighted by molar-refractivity contribution is 8.77. The average molecular weight is 448 g/mol. The monoisotopic (exact) mass is 447 g/mol. The van der Waals surface area contributed by atoms with E-state index in [-0.39, 0.29) is 18.2 Å². The molecule has 8 heteroatoms. The number of carbonyl (C=O) groups excluding carboxylic acids is 1. The third kappa shape index (κ3) is 5.81. The Morgan fingerprint density at radius 3 is 2.74 bits per heavy atom. The largest absolute Gasteiger partial charge is 0.342 e. The van der Waals surface area contributed by atoms with Gasteiger partial charge in [-0.05, 0) is 37.3 Å². The molecule has 0 radical (unpaired) electrons. The molecule has 0 saturated carbocycles. The van der Waals surface area contributed by atoms with Crippen LogP contribution >= 0.6 is 33.2 Å². The maximum atomic E-state index is 12.7. The lowest BCUT2D eigenvalue weighted by Crippen LogP contribution is -2.33. The van der Waals surface area contributed by atoms with Crippen LogP contribution in [0.15, 0.2) is 24.3 Å². The minimum atomic E-state index is -3.32. The lowest BCUT2D eigenvalue weighted by Gasteiger charge is -2.20. The van der Waals surface area contributed by atoms with Gasteiger partial charge in [0.25, 0.3) is 0 Å². The fourth-order valence-electron chi connectivity index (χ4n) is 3.65. The van der Waals surface area contributed by atoms with E-state index < -0.39 is 15.1 Å². The summed E-state index contributed by atoms with van der Waals surface area (Å²) in [5, 5.41) is 0.597. The van der Waals surface area contributed by atoms with E-state index in [1.54, 1.807) is 23.1 Å². The lowest BCUT2D eigenvalue weighted by atomic mass is 10.1. The predicted molar refractivity (Wildman–Crippen MR) is 116 cm³/mol. The van der Waals surface area contributed by atoms with Gasteiger partial charge in [0.1, 0.15) is 0 Å². The lowest BCUT2D eigenvalue weighted by molar-refractivity contribution is -0.131. The Morgan fingerprint density at radius 1 is 1.19 bits per heavy atom. The van der Waals surface area contributed by atoms with Crippen molar-refractivity contribution in [3.63, 3.8) is 0 Å². The molecule has 0 unspecified atom stereocenters. The predicted octanol–water partition coefficient (Wildman–Crippen LogP) is 4.74. The molecule has 0 aromatic heterocycles. The minimum absolute atomic E-state index is 0.00453. The Bertz CT molecular complexity index is 750. The number of nitrogens with zero attached hydrogens (tertiary/aromatic N) is 1. The average Bonchev–Trinajstić information content (AvgIpc) is 3.10. The van der Waals surface area contributed by atoms with Gasteiger partial charge in [-0.1, -0.05) is 57.8 Å². The van der Waals surface area contributed by atoms with Crippen LogP contribution in [-0.4, -0.2) is 49.1 Å². The van der Waals surface area contributed by atoms with E-state index in [4.69, 9.17) is 11.6 Å². The van der Waals surface area contributed by atoms with Crippen LogP contribution in [0.4, 0.5) is 0 Å². The van der Waals surface area contributed by atoms with Crippen molar-refractivity contribution in [1.82, 2.24) is 4.90 Å². The first-order chi connectivity index (χ1) is 13.0. The molecule has 0 bridgehead atoms. The zero-order valence-electron chi connectivity index (χ0n) is 15.3. The van der Waals surface area contributed by atoms with E-state index in [2.05, 4.69) is 0 Å². The number of hydrogen-bond donors (Lipinski definition) is 0. The van der Waals surface area contributed by atoms with Crippen LogP contribution < -0.4 is 0 Å². The van der Waals surface area contributed by atoms with Crippen LogP contribution in [-0.2, 0) is 14.6 Å². The second-order valence-electron chi connectivity index (χ2n) is 7.12. The number of unbranched alkanes of at least 4 members (excludes halogenated alkanes) is 1. The smallest absolute Gasteiger partial charge is 0.222 e. The second-order valence-corrected chi connectivity index (χ2v) is 12.6. The van der Waals surface area contributed by atoms with E-state index in [1.807, 2.05) is 27.7 Å². The SMILES string of the molecule is O=C(CCCC[C@H]1CCSS1)N1CC[C@@H](c2ccccc2Cl)S(=O)(=O)CC1. The number of carbonyl (C=O) groups is 1. The van der Waals surface area contributed by atoms with Gasteiger partial charge in [0, 0.05) is 35.5 Å². The minimum Gasteiger partial charge on any atom is -0.342 e. The molecule has 0 N–H and O–H groups in total. The van der Waals surface area contributed by atoms with Gasteiger partial charge in [-0.3, -0.25) is 4.79 Å². The number of hydrogen-bond acceptors (Lipinski definition) is 5. The summed E-state index contributed by atoms with van der Waals surface area (Å²) >= 11 is 6.23. The van der Waals surface area contributed by atoms with Gasteiger partial charge >= 0.3 is 0 Å². The fourth-order valence-corrected chi connectivity index (χ4v) is 8.83. The van der Waals surface area contributed by atoms with Gasteiger partial charge in [0.05, 0.1) is 11.0 Å². The molecule has 2 aliphatic rings. The Kier molecular flexibility index (Phi) is 7.83. The van der Waals surface area contributed by atoms with Crippen LogP contribution in [0.25, 0.3) is 0 Å². The van der Waals surface area contributed by atoms with Gasteiger partial charge in [-0.2, -0.15) is 0 Å². The van der Waals surface area contributed by atoms with Gasteiger partial charge < -0.3 is 4.90 Å². The Balaban J connectivity index is 1.53. The fraction of sp³-hybridized carbons (Fsp3) is 0.632. The van der Waals surface area contributed by atoms with E-state index >= 15 is 0 Å². The van der Waals surface area contributed by atoms with Crippen molar-refractivity contribution in [2.24, 2.45) is 0 Å². The molecule has 2 aliphatic heterocycles. The normalized spacial score (nSPS) is 25.3. The summed E-state index contributed by atoms with van der Waals surface area (Å²) < 4.78 is 25.5. The number of halogens is 1. The third-order valence-electron chi connectivity index (χ3n) is 5.24. The molecule has 4 nitrogen and oxygen atoms in total. The van der Waals surface area contributed by atoms with Crippen molar-refractivity contribution in [3.05, 3.63) is 34.9 Å². The zero-order valence-corrected chi connectivity index (χ0v) is 18.5. The van der Waals surface area contributed by atoms with Crippen molar-refractivity contribution in [2.75, 3.05) is 24.6 Å². The summed E-state index contributed by atoms with van der Waals surface area (Å²) in [6.07, 6.45) is 5.33. The zero-order chi connectivity index (χ0) is 19.3. The standard InChI is InChI=1S/C19H26ClNO3S3/c20-17-7-3-2-6-16(17)18-9-11-21(12-14-27(18,23)24)19(22)8-4-1-5-15-10-13-25-26-15/h2-3,6-7,15,18H,1,4-5,8-14H2/t15-,18-/m0/s1. The number of sulfone groups is 1. The number of benzene rings is 1. The molecule has 150 valence electrons. The third-order valence-corrected chi connectivity index (χ3v) is 10.7. The molecule has 1 aromatic carbocycles. The molecular formula is C19H26ClNO3S3. The van der Waals surface area contributed by atoms with E-state index in [0.717, 1.165) is 18.1 Å². The maximum Gasteiger partial charge on any atom is 0.222 e. The molecule has 2 atom stereocenters. The highest BCUT2D eigenvalue weighted by Crippen LogP contribution is 2.40. The Hall–Kier alpha value is -0.370. The molecule has 0 spiro atoms. The van der Waals surface area contributed by atoms with Crippen molar-refractivity contribution in [3.8, 4) is 0 Å². The first-order valence-electron chi connectivity index (χ1n) is 9.49. The molecule has 0 aliphatic carbocycles. The molecular weight excluding hydrogens is 422 g/mol. The first-order valence-corrected chi connectivity index (χ1v) is 14.0. The van der Waals surface area contributed by atoms with Gasteiger partial charge in [0.2, 0.25) is 5.91 Å². The quantitative estimate of drug-likeness (QED) is 0.465. The Morgan fingerprint density at radius 2 is 2.00 bits per heavy atom. The number of amides is 1. The summed E-state index contributed by atoms with van der Waals surface area (Å²) in [5.74, 6) is 1.33. The highest BCUT2D eigenvalue weighted by Gasteiger charge is 2.33. The van der Waals surface area contributed by atoms with Crippen molar-refractivity contribution >= 4 is 48.9 Å². The van der Waals surface area contributed by atoms with Gasteiger partial charge in [0.15, 0.2) is 9.84 Å². The van der Waals surface area contributed by atoms with Crippen LogP contribution in [0.5, 0.6) is 0 Å². The van der Waals surface area contributed by atoms with Gasteiger partial charge in [-0.15, -0.1) is 0 Å². The van der Waals surface area contributed by atoms with E-state index in [0.29, 0.717) is 30.0 Å². The molecule has 2 saturated heterocycles. The summed E-state index contributed by atoms with van der Waals surface area (Å²) in [6, 6.07) is 7.11. The molecule has 1 aromatic rings. The van der Waals surface area contributed by atoms with E-state index in [9.17, 15) is 13.2 Å². The first kappa shape index (κ1) is 21.3. The topological polar surface area (TPSA) is 54.5 Å². The molecule has 27 heavy (non-hydrogen) atoms. The van der Waals surface area contributed by atoms with Crippen LogP contribution in [0.3, 0.4) is 0 Å². The summed E-state index contributed by atoms with van der Waals surface area (Å²) in [7, 11) is 0.599. The van der Waals surface area contributed by atoms with Crippen molar-refractivity contribution in [2.45, 2.75) is 49.0 Å². The molecule has 2 fully saturated rings. The maximum absolute atomic E-state index is 12.7. The summed E-state index contributed by atoms with van der Waals surface area (Å²) in [5.41, 5.74) is 0.653. The van der Waals surface area contributed by atoms with Crippen LogP contribution in [0, 0.1) is 0 Å². The molecule has 1 amide bonds. The van der Waals surface area contributed by atoms with Gasteiger partial charge in [-0.25, -0.2) is 8.42 Å². The van der Waals surface area contributed by atoms with Crippen molar-refractivity contribution in [1.29, 1.82) is 0 Å². The molecule has 3 rings (SSSR count). The van der Waals surface area contributed by atoms with Crippen LogP contribution in [0.2, 0.25) is 5.02 Å². The Labute approximate surface area is 175 Å². The van der Waals surface area contributed by atoms with E-state index in [1.165, 1.54) is 18.6 Å². The number of rotatable bonds is 6. The van der Waals surface area contributed by atoms with Crippen LogP contribution in [0.1, 0.15) is 49.3 Å². The highest BCUT2D eigenvalue weighted by atomic mass is 35.5. The van der Waals surface area contributed by atoms with Crippen molar-refractivity contribution < 1.29 is 13.2 Å². The summed E-state index contributed by atoms with van der Waals surface area (Å²) in [6.45, 7) is 0.764. The summed E-state index contributed by atoms with van der Waals surface area (Å²) in [4.78, 5) is 14.3. The second kappa shape index (κ2) is 9.90.